The number of hydrogen-bond donors (Lipinski definition) is 2. The van der Waals surface area contributed by atoms with Crippen LogP contribution in [0.1, 0.15) is 0 Å². The molecule has 0 radical (unpaired) electrons. The SMILES string of the molecule is SSSc1ccn[nH]1. The molecule has 1 N–H and O–H groups in total. The summed E-state index contributed by atoms with van der Waals surface area (Å²) in [7, 11) is 2.94. The Morgan fingerprint density at radius 2 is 2.62 bits per heavy atom. The molecule has 0 unspecified atom stereocenters. The van der Waals surface area contributed by atoms with E-state index in [2.05, 4.69) is 21.9 Å². The van der Waals surface area contributed by atoms with Gasteiger partial charge in [-0.2, -0.15) is 5.10 Å². The first-order valence-corrected chi connectivity index (χ1v) is 5.11. The Morgan fingerprint density at radius 3 is 3.12 bits per heavy atom. The Kier molecular flexibility index (Phi) is 2.65. The van der Waals surface area contributed by atoms with E-state index >= 15 is 0 Å². The molecule has 0 atom stereocenters. The van der Waals surface area contributed by atoms with Crippen LogP contribution in [0.15, 0.2) is 17.3 Å². The van der Waals surface area contributed by atoms with E-state index in [-0.39, 0.29) is 0 Å². The maximum Gasteiger partial charge on any atom is 0.102 e. The molecule has 2 nitrogen and oxygen atoms in total. The summed E-state index contributed by atoms with van der Waals surface area (Å²) in [5.74, 6) is 0. The summed E-state index contributed by atoms with van der Waals surface area (Å²) < 4.78 is 0. The van der Waals surface area contributed by atoms with E-state index in [1.54, 1.807) is 17.0 Å². The quantitative estimate of drug-likeness (QED) is 0.517. The fourth-order valence-corrected chi connectivity index (χ4v) is 1.86. The third-order valence-electron chi connectivity index (χ3n) is 0.602. The van der Waals surface area contributed by atoms with Crippen LogP contribution in [0.4, 0.5) is 0 Å². The zero-order valence-corrected chi connectivity index (χ0v) is 6.39. The van der Waals surface area contributed by atoms with Crippen LogP contribution in [0.25, 0.3) is 0 Å². The van der Waals surface area contributed by atoms with E-state index in [9.17, 15) is 0 Å². The van der Waals surface area contributed by atoms with Crippen molar-refractivity contribution in [3.63, 3.8) is 0 Å². The van der Waals surface area contributed by atoms with Crippen molar-refractivity contribution >= 4 is 32.3 Å². The van der Waals surface area contributed by atoms with E-state index in [1.807, 2.05) is 6.07 Å². The first-order chi connectivity index (χ1) is 3.93. The Hall–Kier alpha value is 0.260. The average molecular weight is 164 g/mol. The maximum atomic E-state index is 3.94. The summed E-state index contributed by atoms with van der Waals surface area (Å²) in [6, 6.07) is 1.90. The summed E-state index contributed by atoms with van der Waals surface area (Å²) >= 11 is 3.94. The lowest BCUT2D eigenvalue weighted by Gasteiger charge is -1.84. The molecule has 0 saturated heterocycles. The predicted molar refractivity (Wildman–Crippen MR) is 41.0 cm³/mol. The fraction of sp³-hybridized carbons (Fsp3) is 0. The highest BCUT2D eigenvalue weighted by atomic mass is 33.5. The normalized spacial score (nSPS) is 9.62. The third kappa shape index (κ3) is 1.65. The van der Waals surface area contributed by atoms with Crippen LogP contribution in [-0.2, 0) is 0 Å². The van der Waals surface area contributed by atoms with Crippen LogP contribution < -0.4 is 0 Å². The molecule has 0 aromatic carbocycles. The van der Waals surface area contributed by atoms with Crippen molar-refractivity contribution in [2.45, 2.75) is 5.03 Å². The Bertz CT molecular complexity index is 138. The molecule has 0 aliphatic rings. The van der Waals surface area contributed by atoms with E-state index in [0.29, 0.717) is 0 Å². The summed E-state index contributed by atoms with van der Waals surface area (Å²) in [6.07, 6.45) is 1.71. The zero-order chi connectivity index (χ0) is 5.82. The number of nitrogens with zero attached hydrogens (tertiary/aromatic N) is 1. The average Bonchev–Trinajstić information content (AvgIpc) is 2.19. The smallest absolute Gasteiger partial charge is 0.102 e. The van der Waals surface area contributed by atoms with Crippen molar-refractivity contribution in [2.75, 3.05) is 0 Å². The van der Waals surface area contributed by atoms with Gasteiger partial charge >= 0.3 is 0 Å². The van der Waals surface area contributed by atoms with Crippen molar-refractivity contribution in [3.05, 3.63) is 12.3 Å². The van der Waals surface area contributed by atoms with Gasteiger partial charge in [-0.05, 0) is 26.7 Å². The molecule has 0 aliphatic carbocycles. The van der Waals surface area contributed by atoms with Crippen LogP contribution in [0.2, 0.25) is 0 Å². The number of nitrogens with one attached hydrogen (secondary N) is 1. The number of H-pyrrole nitrogens is 1. The zero-order valence-electron chi connectivity index (χ0n) is 3.87. The minimum Gasteiger partial charge on any atom is -0.271 e. The van der Waals surface area contributed by atoms with Crippen LogP contribution in [0.5, 0.6) is 0 Å². The lowest BCUT2D eigenvalue weighted by atomic mass is 10.8. The monoisotopic (exact) mass is 164 g/mol. The molecule has 5 heteroatoms. The molecule has 8 heavy (non-hydrogen) atoms. The van der Waals surface area contributed by atoms with Gasteiger partial charge in [-0.25, -0.2) is 0 Å². The van der Waals surface area contributed by atoms with E-state index < -0.39 is 0 Å². The second-order valence-electron chi connectivity index (χ2n) is 1.08. The molecule has 1 heterocycles. The van der Waals surface area contributed by atoms with Gasteiger partial charge in [0.15, 0.2) is 0 Å². The predicted octanol–water partition coefficient (Wildman–Crippen LogP) is 1.99. The molecule has 0 saturated carbocycles. The van der Waals surface area contributed by atoms with Gasteiger partial charge in [0.2, 0.25) is 0 Å². The second kappa shape index (κ2) is 3.32. The van der Waals surface area contributed by atoms with Crippen LogP contribution in [0, 0.1) is 0 Å². The van der Waals surface area contributed by atoms with Crippen molar-refractivity contribution in [1.82, 2.24) is 10.2 Å². The Balaban J connectivity index is 2.50. The third-order valence-corrected chi connectivity index (χ3v) is 2.52. The van der Waals surface area contributed by atoms with Gasteiger partial charge in [-0.1, -0.05) is 11.7 Å². The standard InChI is InChI=1S/C3H4N2S3/c6-8-7-3-1-2-4-5-3/h1-2,6H,(H,4,5). The molecule has 0 aliphatic heterocycles. The Morgan fingerprint density at radius 1 is 1.75 bits per heavy atom. The van der Waals surface area contributed by atoms with Gasteiger partial charge < -0.3 is 0 Å². The Labute approximate surface area is 60.0 Å². The van der Waals surface area contributed by atoms with Crippen LogP contribution in [0.3, 0.4) is 0 Å². The van der Waals surface area contributed by atoms with Crippen molar-refractivity contribution < 1.29 is 0 Å². The molecule has 1 aromatic rings. The molecule has 1 aromatic heterocycles. The highest BCUT2D eigenvalue weighted by molar-refractivity contribution is 9.05. The molecule has 1 rings (SSSR count). The number of rotatable bonds is 2. The molecule has 0 spiro atoms. The highest BCUT2D eigenvalue weighted by Crippen LogP contribution is 2.31. The molecule has 44 valence electrons. The van der Waals surface area contributed by atoms with Gasteiger partial charge in [-0.3, -0.25) is 5.10 Å². The first-order valence-electron chi connectivity index (χ1n) is 1.91. The van der Waals surface area contributed by atoms with Crippen LogP contribution in [-0.4, -0.2) is 10.2 Å². The number of hydrogen-bond acceptors (Lipinski definition) is 4. The molecule has 0 bridgehead atoms. The van der Waals surface area contributed by atoms with Gasteiger partial charge in [0.25, 0.3) is 0 Å². The van der Waals surface area contributed by atoms with Gasteiger partial charge in [0.1, 0.15) is 5.03 Å². The summed E-state index contributed by atoms with van der Waals surface area (Å²) in [5, 5.41) is 7.56. The second-order valence-corrected chi connectivity index (χ2v) is 4.12. The summed E-state index contributed by atoms with van der Waals surface area (Å²) in [4.78, 5) is 0. The lowest BCUT2D eigenvalue weighted by molar-refractivity contribution is 1.01. The van der Waals surface area contributed by atoms with Gasteiger partial charge in [0.05, 0.1) is 0 Å². The van der Waals surface area contributed by atoms with Gasteiger partial charge in [0, 0.05) is 6.20 Å². The summed E-state index contributed by atoms with van der Waals surface area (Å²) in [6.45, 7) is 0. The number of thiol groups is 1. The van der Waals surface area contributed by atoms with E-state index in [1.165, 1.54) is 9.83 Å². The molecule has 0 amide bonds. The maximum absolute atomic E-state index is 3.94. The highest BCUT2D eigenvalue weighted by Gasteiger charge is 1.89. The number of aromatic amines is 1. The van der Waals surface area contributed by atoms with Gasteiger partial charge in [-0.15, -0.1) is 0 Å². The lowest BCUT2D eigenvalue weighted by Crippen LogP contribution is -1.63. The topological polar surface area (TPSA) is 28.7 Å². The number of aromatic nitrogens is 2. The molecular weight excluding hydrogens is 160 g/mol. The summed E-state index contributed by atoms with van der Waals surface area (Å²) in [5.41, 5.74) is 0. The minimum atomic E-state index is 1.03. The van der Waals surface area contributed by atoms with E-state index in [4.69, 9.17) is 0 Å². The fourth-order valence-electron chi connectivity index (χ4n) is 0.330. The van der Waals surface area contributed by atoms with Crippen molar-refractivity contribution in [1.29, 1.82) is 0 Å². The van der Waals surface area contributed by atoms with Crippen molar-refractivity contribution in [3.8, 4) is 0 Å². The van der Waals surface area contributed by atoms with Crippen molar-refractivity contribution in [2.24, 2.45) is 0 Å². The molecule has 0 fully saturated rings. The largest absolute Gasteiger partial charge is 0.271 e. The minimum absolute atomic E-state index is 1.03. The molecular formula is C3H4N2S3. The van der Waals surface area contributed by atoms with E-state index in [0.717, 1.165) is 5.03 Å². The van der Waals surface area contributed by atoms with Crippen LogP contribution >= 0.6 is 32.3 Å². The first kappa shape index (κ1) is 6.38.